The number of anilines is 1. The van der Waals surface area contributed by atoms with Crippen molar-refractivity contribution >= 4 is 28.5 Å². The average Bonchev–Trinajstić information content (AvgIpc) is 3.54. The van der Waals surface area contributed by atoms with Gasteiger partial charge in [0.1, 0.15) is 29.5 Å². The van der Waals surface area contributed by atoms with Crippen LogP contribution in [-0.4, -0.2) is 42.7 Å². The highest BCUT2D eigenvalue weighted by atomic mass is 19.4. The number of ether oxygens (including phenoxy) is 4. The van der Waals surface area contributed by atoms with Crippen LogP contribution in [0.2, 0.25) is 0 Å². The molecule has 4 aromatic rings. The maximum absolute atomic E-state index is 14.1. The lowest BCUT2D eigenvalue weighted by Gasteiger charge is -2.17. The Balaban J connectivity index is 1.23. The van der Waals surface area contributed by atoms with E-state index in [1.165, 1.54) is 31.4 Å². The van der Waals surface area contributed by atoms with E-state index in [2.05, 4.69) is 10.3 Å². The van der Waals surface area contributed by atoms with E-state index in [1.807, 2.05) is 0 Å². The molecule has 5 rings (SSSR count). The molecule has 1 saturated carbocycles. The molecule has 1 heterocycles. The zero-order valence-electron chi connectivity index (χ0n) is 24.7. The monoisotopic (exact) mass is 641 g/mol. The van der Waals surface area contributed by atoms with E-state index in [0.717, 1.165) is 25.7 Å². The maximum atomic E-state index is 14.1. The van der Waals surface area contributed by atoms with Crippen LogP contribution in [0.4, 0.5) is 23.2 Å². The molecule has 1 amide bonds. The number of nitrogens with one attached hydrogen (secondary N) is 1. The number of halogens is 4. The third-order valence-corrected chi connectivity index (χ3v) is 7.44. The van der Waals surface area contributed by atoms with Gasteiger partial charge in [-0.3, -0.25) is 14.6 Å². The minimum Gasteiger partial charge on any atom is -0.493 e. The predicted molar refractivity (Wildman–Crippen MR) is 161 cm³/mol. The first-order valence-corrected chi connectivity index (χ1v) is 14.5. The van der Waals surface area contributed by atoms with Crippen LogP contribution in [0.15, 0.2) is 66.9 Å². The number of fused-ring (bicyclic) bond motifs is 1. The summed E-state index contributed by atoms with van der Waals surface area (Å²) in [4.78, 5) is 29.2. The molecule has 13 heteroatoms. The Bertz CT molecular complexity index is 1710. The normalized spacial score (nSPS) is 14.1. The van der Waals surface area contributed by atoms with Gasteiger partial charge >= 0.3 is 12.1 Å². The van der Waals surface area contributed by atoms with Gasteiger partial charge in [-0.25, -0.2) is 4.39 Å². The first-order valence-electron chi connectivity index (χ1n) is 14.5. The zero-order valence-corrected chi connectivity index (χ0v) is 24.7. The average molecular weight is 642 g/mol. The van der Waals surface area contributed by atoms with Crippen LogP contribution in [0.25, 0.3) is 10.9 Å². The lowest BCUT2D eigenvalue weighted by atomic mass is 10.1. The third-order valence-electron chi connectivity index (χ3n) is 7.44. The van der Waals surface area contributed by atoms with Crippen molar-refractivity contribution in [3.8, 4) is 23.0 Å². The highest BCUT2D eigenvalue weighted by Gasteiger charge is 2.32. The molecular weight excluding hydrogens is 610 g/mol. The van der Waals surface area contributed by atoms with Crippen molar-refractivity contribution in [1.29, 1.82) is 0 Å². The number of pyridine rings is 1. The molecule has 3 aromatic carbocycles. The highest BCUT2D eigenvalue weighted by Crippen LogP contribution is 2.37. The molecule has 0 bridgehead atoms. The van der Waals surface area contributed by atoms with Crippen LogP contribution in [-0.2, 0) is 15.7 Å². The third kappa shape index (κ3) is 7.83. The van der Waals surface area contributed by atoms with Crippen LogP contribution in [0.1, 0.15) is 48.0 Å². The standard InChI is InChI=1S/C33H31F4N3O6/c1-43-29-17-24-27(18-30(29)44-15-13-26(38)32(42)46-21-4-2-3-5-21)39-14-12-28(24)45-22-9-7-20(8-10-22)40-31(41)23-16-19(33(35,36)37)6-11-25(23)34/h6-12,14,16-18,21,26H,2-5,13,15,38H2,1H3,(H,40,41)/t26-/m0/s1. The van der Waals surface area contributed by atoms with E-state index in [0.29, 0.717) is 52.1 Å². The number of esters is 1. The molecule has 242 valence electrons. The van der Waals surface area contributed by atoms with Crippen molar-refractivity contribution in [2.24, 2.45) is 5.73 Å². The van der Waals surface area contributed by atoms with Gasteiger partial charge in [0.05, 0.1) is 30.4 Å². The quantitative estimate of drug-likeness (QED) is 0.132. The number of amides is 1. The molecule has 1 aromatic heterocycles. The SMILES string of the molecule is COc1cc2c(Oc3ccc(NC(=O)c4cc(C(F)(F)F)ccc4F)cc3)ccnc2cc1OCC[C@H](N)C(=O)OC1CCCC1. The van der Waals surface area contributed by atoms with E-state index < -0.39 is 41.0 Å². The molecule has 1 aliphatic rings. The van der Waals surface area contributed by atoms with Gasteiger partial charge < -0.3 is 30.0 Å². The van der Waals surface area contributed by atoms with Crippen LogP contribution in [0.3, 0.4) is 0 Å². The lowest BCUT2D eigenvalue weighted by Crippen LogP contribution is -2.35. The number of nitrogens with two attached hydrogens (primary N) is 1. The molecule has 1 aliphatic carbocycles. The van der Waals surface area contributed by atoms with Crippen molar-refractivity contribution in [3.05, 3.63) is 83.8 Å². The van der Waals surface area contributed by atoms with Gasteiger partial charge in [-0.15, -0.1) is 0 Å². The van der Waals surface area contributed by atoms with Crippen LogP contribution in [0.5, 0.6) is 23.0 Å². The second-order valence-electron chi connectivity index (χ2n) is 10.7. The Morgan fingerprint density at radius 1 is 1.00 bits per heavy atom. The molecule has 0 unspecified atom stereocenters. The smallest absolute Gasteiger partial charge is 0.416 e. The van der Waals surface area contributed by atoms with Crippen molar-refractivity contribution in [3.63, 3.8) is 0 Å². The number of carbonyl (C=O) groups excluding carboxylic acids is 2. The van der Waals surface area contributed by atoms with Crippen molar-refractivity contribution in [2.75, 3.05) is 19.0 Å². The van der Waals surface area contributed by atoms with Crippen LogP contribution < -0.4 is 25.3 Å². The molecule has 0 aliphatic heterocycles. The number of benzene rings is 3. The zero-order chi connectivity index (χ0) is 32.8. The molecule has 3 N–H and O–H groups in total. The predicted octanol–water partition coefficient (Wildman–Crippen LogP) is 7.03. The fourth-order valence-corrected chi connectivity index (χ4v) is 4.97. The van der Waals surface area contributed by atoms with E-state index in [1.54, 1.807) is 24.4 Å². The number of alkyl halides is 3. The second-order valence-corrected chi connectivity index (χ2v) is 10.7. The van der Waals surface area contributed by atoms with E-state index >= 15 is 0 Å². The topological polar surface area (TPSA) is 122 Å². The van der Waals surface area contributed by atoms with Crippen LogP contribution in [0, 0.1) is 5.82 Å². The summed E-state index contributed by atoms with van der Waals surface area (Å²) in [7, 11) is 1.48. The molecule has 1 atom stereocenters. The van der Waals surface area contributed by atoms with E-state index in [4.69, 9.17) is 24.7 Å². The van der Waals surface area contributed by atoms with Crippen molar-refractivity contribution in [1.82, 2.24) is 4.98 Å². The summed E-state index contributed by atoms with van der Waals surface area (Å²) in [5.74, 6) is -0.969. The van der Waals surface area contributed by atoms with E-state index in [9.17, 15) is 27.2 Å². The highest BCUT2D eigenvalue weighted by molar-refractivity contribution is 6.04. The summed E-state index contributed by atoms with van der Waals surface area (Å²) in [6.45, 7) is 0.141. The Hall–Kier alpha value is -4.91. The van der Waals surface area contributed by atoms with Crippen molar-refractivity contribution < 1.29 is 46.1 Å². The summed E-state index contributed by atoms with van der Waals surface area (Å²) in [5, 5.41) is 2.99. The number of nitrogens with zero attached hydrogens (tertiary/aromatic N) is 1. The maximum Gasteiger partial charge on any atom is 0.416 e. The second kappa shape index (κ2) is 14.0. The van der Waals surface area contributed by atoms with Gasteiger partial charge in [-0.1, -0.05) is 0 Å². The Kier molecular flexibility index (Phi) is 9.90. The lowest BCUT2D eigenvalue weighted by molar-refractivity contribution is -0.150. The summed E-state index contributed by atoms with van der Waals surface area (Å²) in [6, 6.07) is 11.8. The molecular formula is C33H31F4N3O6. The Morgan fingerprint density at radius 3 is 2.43 bits per heavy atom. The van der Waals surface area contributed by atoms with Gasteiger partial charge in [-0.2, -0.15) is 13.2 Å². The van der Waals surface area contributed by atoms with Gasteiger partial charge in [0.25, 0.3) is 5.91 Å². The first-order chi connectivity index (χ1) is 22.0. The van der Waals surface area contributed by atoms with Crippen molar-refractivity contribution in [2.45, 2.75) is 50.4 Å². The summed E-state index contributed by atoms with van der Waals surface area (Å²) < 4.78 is 76.1. The largest absolute Gasteiger partial charge is 0.493 e. The molecule has 46 heavy (non-hydrogen) atoms. The summed E-state index contributed by atoms with van der Waals surface area (Å²) in [5.41, 5.74) is 4.88. The Labute approximate surface area is 261 Å². The van der Waals surface area contributed by atoms with E-state index in [-0.39, 0.29) is 24.8 Å². The first kappa shape index (κ1) is 32.5. The molecule has 9 nitrogen and oxygen atoms in total. The summed E-state index contributed by atoms with van der Waals surface area (Å²) in [6.07, 6.45) is 0.810. The van der Waals surface area contributed by atoms with Gasteiger partial charge in [0, 0.05) is 29.8 Å². The minimum atomic E-state index is -4.73. The molecule has 1 fully saturated rings. The van der Waals surface area contributed by atoms with Crippen LogP contribution >= 0.6 is 0 Å². The fourth-order valence-electron chi connectivity index (χ4n) is 4.97. The van der Waals surface area contributed by atoms with Gasteiger partial charge in [0.2, 0.25) is 0 Å². The Morgan fingerprint density at radius 2 is 1.74 bits per heavy atom. The number of methoxy groups -OCH3 is 1. The number of hydrogen-bond acceptors (Lipinski definition) is 8. The fraction of sp³-hybridized carbons (Fsp3) is 0.303. The number of carbonyl (C=O) groups is 2. The molecule has 0 saturated heterocycles. The number of rotatable bonds is 11. The number of hydrogen-bond donors (Lipinski definition) is 2. The molecule has 0 spiro atoms. The number of aromatic nitrogens is 1. The van der Waals surface area contributed by atoms with Gasteiger partial charge in [0.15, 0.2) is 11.5 Å². The minimum absolute atomic E-state index is 0.0645. The molecule has 0 radical (unpaired) electrons. The van der Waals surface area contributed by atoms with Gasteiger partial charge in [-0.05, 0) is 80.3 Å². The summed E-state index contributed by atoms with van der Waals surface area (Å²) >= 11 is 0.